The van der Waals surface area contributed by atoms with E-state index in [1.165, 1.54) is 22.3 Å². The van der Waals surface area contributed by atoms with Gasteiger partial charge in [0, 0.05) is 11.5 Å². The molecule has 1 aliphatic carbocycles. The second-order valence-corrected chi connectivity index (χ2v) is 5.24. The lowest BCUT2D eigenvalue weighted by atomic mass is 10.0. The SMILES string of the molecule is C=C(Cl)Cc1ccc(CC2=CC=C(C)C2)cc1. The van der Waals surface area contributed by atoms with E-state index in [4.69, 9.17) is 11.6 Å². The first-order valence-corrected chi connectivity index (χ1v) is 6.27. The summed E-state index contributed by atoms with van der Waals surface area (Å²) in [5, 5.41) is 0.691. The zero-order valence-corrected chi connectivity index (χ0v) is 10.9. The molecule has 1 aromatic carbocycles. The summed E-state index contributed by atoms with van der Waals surface area (Å²) >= 11 is 5.80. The minimum absolute atomic E-state index is 0.691. The van der Waals surface area contributed by atoms with E-state index in [1.54, 1.807) is 0 Å². The molecule has 0 amide bonds. The molecular weight excluding hydrogens is 228 g/mol. The average Bonchev–Trinajstić information content (AvgIpc) is 2.66. The molecule has 0 saturated heterocycles. The maximum atomic E-state index is 5.80. The fourth-order valence-electron chi connectivity index (χ4n) is 2.12. The van der Waals surface area contributed by atoms with Gasteiger partial charge >= 0.3 is 0 Å². The zero-order valence-electron chi connectivity index (χ0n) is 10.2. The van der Waals surface area contributed by atoms with Crippen molar-refractivity contribution in [3.63, 3.8) is 0 Å². The molecule has 0 atom stereocenters. The molecule has 0 fully saturated rings. The van der Waals surface area contributed by atoms with Gasteiger partial charge in [0.15, 0.2) is 0 Å². The lowest BCUT2D eigenvalue weighted by Gasteiger charge is -2.05. The van der Waals surface area contributed by atoms with Gasteiger partial charge in [0.2, 0.25) is 0 Å². The summed E-state index contributed by atoms with van der Waals surface area (Å²) in [6.45, 7) is 5.89. The third kappa shape index (κ3) is 3.61. The van der Waals surface area contributed by atoms with Crippen LogP contribution in [0.2, 0.25) is 0 Å². The van der Waals surface area contributed by atoms with Gasteiger partial charge in [-0.2, -0.15) is 0 Å². The highest BCUT2D eigenvalue weighted by Gasteiger charge is 2.05. The van der Waals surface area contributed by atoms with Crippen LogP contribution in [0, 0.1) is 0 Å². The molecule has 17 heavy (non-hydrogen) atoms. The Kier molecular flexibility index (Phi) is 3.86. The topological polar surface area (TPSA) is 0 Å². The van der Waals surface area contributed by atoms with Crippen LogP contribution in [-0.4, -0.2) is 0 Å². The predicted octanol–water partition coefficient (Wildman–Crippen LogP) is 4.80. The molecule has 0 unspecified atom stereocenters. The highest BCUT2D eigenvalue weighted by molar-refractivity contribution is 6.29. The van der Waals surface area contributed by atoms with E-state index >= 15 is 0 Å². The molecule has 0 aliphatic heterocycles. The summed E-state index contributed by atoms with van der Waals surface area (Å²) < 4.78 is 0. The highest BCUT2D eigenvalue weighted by atomic mass is 35.5. The lowest BCUT2D eigenvalue weighted by molar-refractivity contribution is 1.04. The third-order valence-electron chi connectivity index (χ3n) is 2.96. The van der Waals surface area contributed by atoms with Crippen molar-refractivity contribution in [3.05, 3.63) is 70.3 Å². The Morgan fingerprint density at radius 2 is 1.82 bits per heavy atom. The van der Waals surface area contributed by atoms with Gasteiger partial charge in [0.05, 0.1) is 0 Å². The number of rotatable bonds is 4. The van der Waals surface area contributed by atoms with Crippen molar-refractivity contribution in [1.29, 1.82) is 0 Å². The van der Waals surface area contributed by atoms with Gasteiger partial charge in [-0.1, -0.05) is 65.7 Å². The van der Waals surface area contributed by atoms with Crippen LogP contribution in [-0.2, 0) is 12.8 Å². The maximum absolute atomic E-state index is 5.80. The third-order valence-corrected chi connectivity index (χ3v) is 3.09. The van der Waals surface area contributed by atoms with Gasteiger partial charge in [0.25, 0.3) is 0 Å². The van der Waals surface area contributed by atoms with Gasteiger partial charge in [-0.3, -0.25) is 0 Å². The van der Waals surface area contributed by atoms with Crippen LogP contribution in [0.5, 0.6) is 0 Å². The monoisotopic (exact) mass is 244 g/mol. The van der Waals surface area contributed by atoms with E-state index in [0.717, 1.165) is 19.3 Å². The molecule has 0 N–H and O–H groups in total. The van der Waals surface area contributed by atoms with E-state index in [1.807, 2.05) is 0 Å². The normalized spacial score (nSPS) is 14.5. The number of hydrogen-bond donors (Lipinski definition) is 0. The van der Waals surface area contributed by atoms with Gasteiger partial charge in [0.1, 0.15) is 0 Å². The average molecular weight is 245 g/mol. The summed E-state index contributed by atoms with van der Waals surface area (Å²) in [5.41, 5.74) is 5.54. The molecule has 1 aromatic rings. The maximum Gasteiger partial charge on any atom is 0.0153 e. The molecule has 88 valence electrons. The number of allylic oxidation sites excluding steroid dienone is 5. The molecule has 2 rings (SSSR count). The first-order valence-electron chi connectivity index (χ1n) is 5.90. The molecule has 0 spiro atoms. The molecule has 0 bridgehead atoms. The fraction of sp³-hybridized carbons (Fsp3) is 0.250. The van der Waals surface area contributed by atoms with Crippen LogP contribution in [0.4, 0.5) is 0 Å². The quantitative estimate of drug-likeness (QED) is 0.714. The standard InChI is InChI=1S/C16H17Cl/c1-12-3-4-16(9-12)11-15-7-5-14(6-8-15)10-13(2)17/h3-8H,2,9-11H2,1H3. The minimum Gasteiger partial charge on any atom is -0.0894 e. The van der Waals surface area contributed by atoms with Crippen LogP contribution in [0.3, 0.4) is 0 Å². The molecular formula is C16H17Cl. The van der Waals surface area contributed by atoms with Crippen LogP contribution in [0.1, 0.15) is 24.5 Å². The van der Waals surface area contributed by atoms with E-state index in [2.05, 4.69) is 49.9 Å². The van der Waals surface area contributed by atoms with Crippen molar-refractivity contribution in [2.75, 3.05) is 0 Å². The van der Waals surface area contributed by atoms with Crippen molar-refractivity contribution in [1.82, 2.24) is 0 Å². The fourth-order valence-corrected chi connectivity index (χ4v) is 2.27. The summed E-state index contributed by atoms with van der Waals surface area (Å²) in [5.74, 6) is 0. The molecule has 0 aromatic heterocycles. The minimum atomic E-state index is 0.691. The van der Waals surface area contributed by atoms with Crippen molar-refractivity contribution in [2.24, 2.45) is 0 Å². The zero-order chi connectivity index (χ0) is 12.3. The van der Waals surface area contributed by atoms with Crippen molar-refractivity contribution >= 4 is 11.6 Å². The number of benzene rings is 1. The predicted molar refractivity (Wildman–Crippen MR) is 75.3 cm³/mol. The molecule has 1 heteroatoms. The van der Waals surface area contributed by atoms with E-state index in [0.29, 0.717) is 5.03 Å². The highest BCUT2D eigenvalue weighted by Crippen LogP contribution is 2.22. The second kappa shape index (κ2) is 5.37. The molecule has 0 saturated carbocycles. The molecule has 0 heterocycles. The summed E-state index contributed by atoms with van der Waals surface area (Å²) in [4.78, 5) is 0. The Balaban J connectivity index is 1.97. The van der Waals surface area contributed by atoms with Gasteiger partial charge in [-0.25, -0.2) is 0 Å². The second-order valence-electron chi connectivity index (χ2n) is 4.70. The van der Waals surface area contributed by atoms with E-state index in [-0.39, 0.29) is 0 Å². The summed E-state index contributed by atoms with van der Waals surface area (Å²) in [7, 11) is 0. The van der Waals surface area contributed by atoms with Crippen molar-refractivity contribution in [3.8, 4) is 0 Å². The Hall–Kier alpha value is -1.27. The van der Waals surface area contributed by atoms with Crippen LogP contribution in [0.15, 0.2) is 59.2 Å². The summed E-state index contributed by atoms with van der Waals surface area (Å²) in [6.07, 6.45) is 7.38. The smallest absolute Gasteiger partial charge is 0.0153 e. The van der Waals surface area contributed by atoms with Crippen molar-refractivity contribution < 1.29 is 0 Å². The van der Waals surface area contributed by atoms with Crippen LogP contribution < -0.4 is 0 Å². The molecule has 0 radical (unpaired) electrons. The number of hydrogen-bond acceptors (Lipinski definition) is 0. The summed E-state index contributed by atoms with van der Waals surface area (Å²) in [6, 6.07) is 8.64. The van der Waals surface area contributed by atoms with E-state index < -0.39 is 0 Å². The Bertz CT molecular complexity index is 475. The lowest BCUT2D eigenvalue weighted by Crippen LogP contribution is -1.90. The van der Waals surface area contributed by atoms with Gasteiger partial charge in [-0.05, 0) is 30.9 Å². The Morgan fingerprint density at radius 3 is 2.35 bits per heavy atom. The Morgan fingerprint density at radius 1 is 1.18 bits per heavy atom. The van der Waals surface area contributed by atoms with Gasteiger partial charge in [-0.15, -0.1) is 0 Å². The molecule has 0 nitrogen and oxygen atoms in total. The first-order chi connectivity index (χ1) is 8.13. The first kappa shape index (κ1) is 12.2. The van der Waals surface area contributed by atoms with Crippen molar-refractivity contribution in [2.45, 2.75) is 26.2 Å². The van der Waals surface area contributed by atoms with Gasteiger partial charge < -0.3 is 0 Å². The Labute approximate surface area is 108 Å². The molecule has 1 aliphatic rings. The largest absolute Gasteiger partial charge is 0.0894 e. The van der Waals surface area contributed by atoms with E-state index in [9.17, 15) is 0 Å². The van der Waals surface area contributed by atoms with Crippen LogP contribution in [0.25, 0.3) is 0 Å². The van der Waals surface area contributed by atoms with Crippen LogP contribution >= 0.6 is 11.6 Å². The number of halogens is 1.